The summed E-state index contributed by atoms with van der Waals surface area (Å²) in [4.78, 5) is 18.0. The van der Waals surface area contributed by atoms with E-state index in [9.17, 15) is 4.79 Å². The zero-order valence-corrected chi connectivity index (χ0v) is 11.2. The number of hydrogen-bond acceptors (Lipinski definition) is 3. The van der Waals surface area contributed by atoms with Gasteiger partial charge >= 0.3 is 0 Å². The SMILES string of the molecule is CCN1CCCCC1c1cn2cc(C=O)ccc2n1. The molecule has 1 unspecified atom stereocenters. The van der Waals surface area contributed by atoms with E-state index in [1.165, 1.54) is 19.3 Å². The summed E-state index contributed by atoms with van der Waals surface area (Å²) in [7, 11) is 0. The minimum absolute atomic E-state index is 0.429. The van der Waals surface area contributed by atoms with Crippen molar-refractivity contribution in [2.45, 2.75) is 32.2 Å². The average molecular weight is 257 g/mol. The second kappa shape index (κ2) is 5.13. The molecule has 1 aliphatic heterocycles. The first-order valence-corrected chi connectivity index (χ1v) is 6.99. The number of imidazole rings is 1. The van der Waals surface area contributed by atoms with E-state index in [1.807, 2.05) is 22.7 Å². The van der Waals surface area contributed by atoms with Crippen molar-refractivity contribution in [3.8, 4) is 0 Å². The van der Waals surface area contributed by atoms with Gasteiger partial charge in [-0.2, -0.15) is 0 Å². The summed E-state index contributed by atoms with van der Waals surface area (Å²) in [6.07, 6.45) is 8.52. The van der Waals surface area contributed by atoms with Gasteiger partial charge in [0.05, 0.1) is 11.7 Å². The van der Waals surface area contributed by atoms with Gasteiger partial charge in [0.2, 0.25) is 0 Å². The third kappa shape index (κ3) is 2.28. The lowest BCUT2D eigenvalue weighted by Gasteiger charge is -2.33. The highest BCUT2D eigenvalue weighted by molar-refractivity contribution is 5.74. The second-order valence-corrected chi connectivity index (χ2v) is 5.15. The standard InChI is InChI=1S/C15H19N3O/c1-2-17-8-4-3-5-14(17)13-10-18-9-12(11-19)6-7-15(18)16-13/h6-7,9-11,14H,2-5,8H2,1H3. The lowest BCUT2D eigenvalue weighted by atomic mass is 10.00. The van der Waals surface area contributed by atoms with E-state index in [4.69, 9.17) is 4.98 Å². The van der Waals surface area contributed by atoms with E-state index < -0.39 is 0 Å². The Morgan fingerprint density at radius 2 is 2.26 bits per heavy atom. The molecule has 1 atom stereocenters. The molecule has 3 rings (SSSR count). The van der Waals surface area contributed by atoms with E-state index in [1.54, 1.807) is 0 Å². The quantitative estimate of drug-likeness (QED) is 0.793. The molecule has 1 aliphatic rings. The number of carbonyl (C=O) groups is 1. The molecule has 1 saturated heterocycles. The first-order valence-electron chi connectivity index (χ1n) is 6.99. The maximum atomic E-state index is 10.8. The number of likely N-dealkylation sites (tertiary alicyclic amines) is 1. The van der Waals surface area contributed by atoms with E-state index in [0.717, 1.165) is 30.7 Å². The molecular formula is C15H19N3O. The number of carbonyl (C=O) groups excluding carboxylic acids is 1. The molecule has 0 saturated carbocycles. The molecule has 0 amide bonds. The molecule has 4 heteroatoms. The number of pyridine rings is 1. The minimum Gasteiger partial charge on any atom is -0.306 e. The number of aromatic nitrogens is 2. The molecule has 19 heavy (non-hydrogen) atoms. The Morgan fingerprint density at radius 3 is 3.05 bits per heavy atom. The van der Waals surface area contributed by atoms with Crippen LogP contribution in [0, 0.1) is 0 Å². The van der Waals surface area contributed by atoms with Gasteiger partial charge in [-0.05, 0) is 38.1 Å². The molecule has 2 aromatic rings. The van der Waals surface area contributed by atoms with Crippen molar-refractivity contribution in [1.82, 2.24) is 14.3 Å². The van der Waals surface area contributed by atoms with Gasteiger partial charge in [-0.25, -0.2) is 4.98 Å². The maximum absolute atomic E-state index is 10.8. The molecule has 3 heterocycles. The van der Waals surface area contributed by atoms with Gasteiger partial charge in [-0.15, -0.1) is 0 Å². The van der Waals surface area contributed by atoms with Crippen LogP contribution in [0.25, 0.3) is 5.65 Å². The van der Waals surface area contributed by atoms with Crippen LogP contribution in [0.4, 0.5) is 0 Å². The Balaban J connectivity index is 1.97. The first-order chi connectivity index (χ1) is 9.31. The van der Waals surface area contributed by atoms with Crippen LogP contribution in [-0.4, -0.2) is 33.7 Å². The number of nitrogens with zero attached hydrogens (tertiary/aromatic N) is 3. The summed E-state index contributed by atoms with van der Waals surface area (Å²) < 4.78 is 1.96. The predicted molar refractivity (Wildman–Crippen MR) is 74.4 cm³/mol. The van der Waals surface area contributed by atoms with Crippen molar-refractivity contribution in [3.63, 3.8) is 0 Å². The van der Waals surface area contributed by atoms with Gasteiger partial charge in [-0.3, -0.25) is 9.69 Å². The van der Waals surface area contributed by atoms with E-state index in [-0.39, 0.29) is 0 Å². The first kappa shape index (κ1) is 12.4. The number of piperidine rings is 1. The molecule has 100 valence electrons. The van der Waals surface area contributed by atoms with Gasteiger partial charge in [0.15, 0.2) is 6.29 Å². The van der Waals surface area contributed by atoms with Crippen LogP contribution < -0.4 is 0 Å². The zero-order valence-electron chi connectivity index (χ0n) is 11.2. The summed E-state index contributed by atoms with van der Waals surface area (Å²) in [6.45, 7) is 4.44. The van der Waals surface area contributed by atoms with Gasteiger partial charge in [0, 0.05) is 18.0 Å². The molecular weight excluding hydrogens is 238 g/mol. The molecule has 0 spiro atoms. The fourth-order valence-corrected chi connectivity index (χ4v) is 2.96. The highest BCUT2D eigenvalue weighted by atomic mass is 16.1. The van der Waals surface area contributed by atoms with Gasteiger partial charge in [-0.1, -0.05) is 13.3 Å². The van der Waals surface area contributed by atoms with E-state index >= 15 is 0 Å². The zero-order chi connectivity index (χ0) is 13.2. The predicted octanol–water partition coefficient (Wildman–Crippen LogP) is 2.69. The Bertz CT molecular complexity index is 590. The van der Waals surface area contributed by atoms with E-state index in [0.29, 0.717) is 11.6 Å². The van der Waals surface area contributed by atoms with Crippen molar-refractivity contribution in [3.05, 3.63) is 35.8 Å². The number of hydrogen-bond donors (Lipinski definition) is 0. The monoisotopic (exact) mass is 257 g/mol. The summed E-state index contributed by atoms with van der Waals surface area (Å²) in [6, 6.07) is 4.16. The van der Waals surface area contributed by atoms with E-state index in [2.05, 4.69) is 18.0 Å². The van der Waals surface area contributed by atoms with Crippen molar-refractivity contribution in [1.29, 1.82) is 0 Å². The lowest BCUT2D eigenvalue weighted by Crippen LogP contribution is -2.33. The van der Waals surface area contributed by atoms with Crippen LogP contribution in [0.5, 0.6) is 0 Å². The Labute approximate surface area is 113 Å². The van der Waals surface area contributed by atoms with Crippen LogP contribution in [-0.2, 0) is 0 Å². The Kier molecular flexibility index (Phi) is 3.34. The van der Waals surface area contributed by atoms with Gasteiger partial charge in [0.1, 0.15) is 5.65 Å². The van der Waals surface area contributed by atoms with Gasteiger partial charge in [0.25, 0.3) is 0 Å². The van der Waals surface area contributed by atoms with Crippen LogP contribution >= 0.6 is 0 Å². The van der Waals surface area contributed by atoms with Crippen LogP contribution in [0.15, 0.2) is 24.5 Å². The molecule has 4 nitrogen and oxygen atoms in total. The third-order valence-electron chi connectivity index (χ3n) is 3.99. The molecule has 0 radical (unpaired) electrons. The van der Waals surface area contributed by atoms with Crippen LogP contribution in [0.1, 0.15) is 48.3 Å². The largest absolute Gasteiger partial charge is 0.306 e. The molecule has 0 N–H and O–H groups in total. The molecule has 0 bridgehead atoms. The molecule has 1 fully saturated rings. The third-order valence-corrected chi connectivity index (χ3v) is 3.99. The normalized spacial score (nSPS) is 20.8. The number of fused-ring (bicyclic) bond motifs is 1. The van der Waals surface area contributed by atoms with Crippen molar-refractivity contribution in [2.75, 3.05) is 13.1 Å². The van der Waals surface area contributed by atoms with Crippen molar-refractivity contribution in [2.24, 2.45) is 0 Å². The average Bonchev–Trinajstić information content (AvgIpc) is 2.89. The topological polar surface area (TPSA) is 37.6 Å². The smallest absolute Gasteiger partial charge is 0.151 e. The van der Waals surface area contributed by atoms with Crippen LogP contribution in [0.3, 0.4) is 0 Å². The Hall–Kier alpha value is -1.68. The summed E-state index contributed by atoms with van der Waals surface area (Å²) >= 11 is 0. The maximum Gasteiger partial charge on any atom is 0.151 e. The number of rotatable bonds is 3. The van der Waals surface area contributed by atoms with Gasteiger partial charge < -0.3 is 4.40 Å². The highest BCUT2D eigenvalue weighted by Gasteiger charge is 2.24. The lowest BCUT2D eigenvalue weighted by molar-refractivity contribution is 0.112. The number of aldehydes is 1. The second-order valence-electron chi connectivity index (χ2n) is 5.15. The van der Waals surface area contributed by atoms with Crippen molar-refractivity contribution >= 4 is 11.9 Å². The molecule has 0 aliphatic carbocycles. The van der Waals surface area contributed by atoms with Crippen molar-refractivity contribution < 1.29 is 4.79 Å². The minimum atomic E-state index is 0.429. The fourth-order valence-electron chi connectivity index (χ4n) is 2.96. The molecule has 2 aromatic heterocycles. The summed E-state index contributed by atoms with van der Waals surface area (Å²) in [5.41, 5.74) is 2.74. The summed E-state index contributed by atoms with van der Waals surface area (Å²) in [5.74, 6) is 0. The molecule has 0 aromatic carbocycles. The highest BCUT2D eigenvalue weighted by Crippen LogP contribution is 2.30. The van der Waals surface area contributed by atoms with Crippen LogP contribution in [0.2, 0.25) is 0 Å². The fraction of sp³-hybridized carbons (Fsp3) is 0.467. The summed E-state index contributed by atoms with van der Waals surface area (Å²) in [5, 5.41) is 0. The Morgan fingerprint density at radius 1 is 1.37 bits per heavy atom.